The molecule has 0 bridgehead atoms. The minimum absolute atomic E-state index is 0.185. The molecule has 1 saturated heterocycles. The lowest BCUT2D eigenvalue weighted by Gasteiger charge is -2.30. The van der Waals surface area contributed by atoms with Crippen molar-refractivity contribution in [2.45, 2.75) is 32.4 Å². The van der Waals surface area contributed by atoms with Crippen LogP contribution in [0.3, 0.4) is 0 Å². The number of hydrogen-bond donors (Lipinski definition) is 1. The largest absolute Gasteiger partial charge is 0.444 e. The zero-order valence-electron chi connectivity index (χ0n) is 26.7. The molecular weight excluding hydrogens is 620 g/mol. The van der Waals surface area contributed by atoms with Crippen molar-refractivity contribution in [3.8, 4) is 28.1 Å². The molecule has 11 heteroatoms. The maximum absolute atomic E-state index is 13.0. The van der Waals surface area contributed by atoms with Crippen LogP contribution in [0.15, 0.2) is 91.1 Å². The summed E-state index contributed by atoms with van der Waals surface area (Å²) in [6, 6.07) is 27.4. The van der Waals surface area contributed by atoms with Gasteiger partial charge in [0.2, 0.25) is 6.10 Å². The first-order valence-electron chi connectivity index (χ1n) is 16.2. The van der Waals surface area contributed by atoms with Gasteiger partial charge in [0.15, 0.2) is 11.3 Å². The molecule has 244 valence electrons. The molecule has 3 aromatic heterocycles. The number of benzene rings is 3. The standard InChI is InChI=1S/C38H32N6O5/c1-22-17-32-40-20-27-18-30(24-5-3-2-4-6-24)33(41-36(27)44(32)42-22)25-9-7-23(8-10-25)21-43-15-13-26(14-16-43)37(46)48-28-11-12-29-31(19-28)38(47)49-34(29)35(39)45/h2-12,17-20,26,34H,13-16,21H2,1H3,(H2,39,45). The van der Waals surface area contributed by atoms with Gasteiger partial charge in [0, 0.05) is 40.9 Å². The summed E-state index contributed by atoms with van der Waals surface area (Å²) in [7, 11) is 0. The van der Waals surface area contributed by atoms with Crippen molar-refractivity contribution in [1.82, 2.24) is 24.5 Å². The minimum atomic E-state index is -1.12. The second-order valence-corrected chi connectivity index (χ2v) is 12.6. The van der Waals surface area contributed by atoms with Gasteiger partial charge < -0.3 is 15.2 Å². The van der Waals surface area contributed by atoms with Crippen molar-refractivity contribution in [2.24, 2.45) is 11.7 Å². The van der Waals surface area contributed by atoms with Crippen LogP contribution in [-0.2, 0) is 20.9 Å². The van der Waals surface area contributed by atoms with Gasteiger partial charge in [-0.2, -0.15) is 9.61 Å². The number of primary amides is 1. The van der Waals surface area contributed by atoms with Gasteiger partial charge in [-0.05, 0) is 62.2 Å². The Balaban J connectivity index is 0.952. The number of esters is 2. The Kier molecular flexibility index (Phi) is 7.60. The number of likely N-dealkylation sites (tertiary alicyclic amines) is 1. The van der Waals surface area contributed by atoms with E-state index in [-0.39, 0.29) is 23.2 Å². The Labute approximate surface area is 281 Å². The molecule has 49 heavy (non-hydrogen) atoms. The van der Waals surface area contributed by atoms with Crippen LogP contribution >= 0.6 is 0 Å². The summed E-state index contributed by atoms with van der Waals surface area (Å²) in [5, 5.41) is 5.56. The number of amides is 1. The van der Waals surface area contributed by atoms with Crippen LogP contribution in [0, 0.1) is 12.8 Å². The Morgan fingerprint density at radius 3 is 2.47 bits per heavy atom. The zero-order valence-corrected chi connectivity index (χ0v) is 26.7. The quantitative estimate of drug-likeness (QED) is 0.176. The number of nitrogens with two attached hydrogens (primary N) is 1. The van der Waals surface area contributed by atoms with E-state index < -0.39 is 18.0 Å². The predicted molar refractivity (Wildman–Crippen MR) is 181 cm³/mol. The van der Waals surface area contributed by atoms with Crippen molar-refractivity contribution in [2.75, 3.05) is 13.1 Å². The lowest BCUT2D eigenvalue weighted by Crippen LogP contribution is -2.37. The highest BCUT2D eigenvalue weighted by Crippen LogP contribution is 2.35. The van der Waals surface area contributed by atoms with Crippen LogP contribution in [-0.4, -0.2) is 55.4 Å². The van der Waals surface area contributed by atoms with E-state index >= 15 is 0 Å². The molecule has 6 aromatic rings. The average Bonchev–Trinajstić information content (AvgIpc) is 3.67. The maximum Gasteiger partial charge on any atom is 0.339 e. The summed E-state index contributed by atoms with van der Waals surface area (Å²) in [5.41, 5.74) is 13.4. The van der Waals surface area contributed by atoms with E-state index in [2.05, 4.69) is 57.4 Å². The predicted octanol–water partition coefficient (Wildman–Crippen LogP) is 5.43. The summed E-state index contributed by atoms with van der Waals surface area (Å²) in [4.78, 5) is 48.8. The molecule has 2 N–H and O–H groups in total. The number of cyclic esters (lactones) is 1. The molecule has 1 unspecified atom stereocenters. The van der Waals surface area contributed by atoms with Gasteiger partial charge in [-0.1, -0.05) is 60.7 Å². The summed E-state index contributed by atoms with van der Waals surface area (Å²) in [5.74, 6) is -1.76. The molecule has 0 saturated carbocycles. The molecule has 5 heterocycles. The fourth-order valence-corrected chi connectivity index (χ4v) is 6.71. The van der Waals surface area contributed by atoms with Crippen LogP contribution in [0.25, 0.3) is 39.1 Å². The Morgan fingerprint density at radius 2 is 1.71 bits per heavy atom. The number of aromatic nitrogens is 4. The fraction of sp³-hybridized carbons (Fsp3) is 0.211. The van der Waals surface area contributed by atoms with E-state index in [1.54, 1.807) is 16.6 Å². The number of aryl methyl sites for hydroxylation is 1. The van der Waals surface area contributed by atoms with Crippen LogP contribution in [0.4, 0.5) is 0 Å². The third-order valence-corrected chi connectivity index (χ3v) is 9.25. The van der Waals surface area contributed by atoms with Gasteiger partial charge in [0.05, 0.1) is 22.9 Å². The van der Waals surface area contributed by atoms with E-state index in [9.17, 15) is 14.4 Å². The highest BCUT2D eigenvalue weighted by atomic mass is 16.6. The van der Waals surface area contributed by atoms with Crippen LogP contribution in [0.1, 0.15) is 46.1 Å². The number of piperidine rings is 1. The van der Waals surface area contributed by atoms with Gasteiger partial charge in [0.25, 0.3) is 5.91 Å². The second-order valence-electron chi connectivity index (χ2n) is 12.6. The van der Waals surface area contributed by atoms with E-state index in [4.69, 9.17) is 20.2 Å². The Bertz CT molecular complexity index is 2260. The molecule has 1 fully saturated rings. The van der Waals surface area contributed by atoms with E-state index in [1.165, 1.54) is 11.6 Å². The first kappa shape index (κ1) is 30.4. The fourth-order valence-electron chi connectivity index (χ4n) is 6.71. The first-order chi connectivity index (χ1) is 23.8. The lowest BCUT2D eigenvalue weighted by molar-refractivity contribution is -0.140. The van der Waals surface area contributed by atoms with Crippen molar-refractivity contribution in [3.05, 3.63) is 114 Å². The van der Waals surface area contributed by atoms with Gasteiger partial charge in [-0.15, -0.1) is 0 Å². The van der Waals surface area contributed by atoms with Gasteiger partial charge >= 0.3 is 11.9 Å². The normalized spacial score (nSPS) is 16.5. The smallest absolute Gasteiger partial charge is 0.339 e. The number of carbonyl (C=O) groups is 3. The van der Waals surface area contributed by atoms with E-state index in [0.717, 1.165) is 64.4 Å². The molecule has 1 atom stereocenters. The molecule has 8 rings (SSSR count). The Morgan fingerprint density at radius 1 is 0.939 bits per heavy atom. The van der Waals surface area contributed by atoms with Gasteiger partial charge in [-0.3, -0.25) is 14.5 Å². The summed E-state index contributed by atoms with van der Waals surface area (Å²) >= 11 is 0. The van der Waals surface area contributed by atoms with E-state index in [1.807, 2.05) is 37.4 Å². The number of rotatable bonds is 7. The van der Waals surface area contributed by atoms with Crippen molar-refractivity contribution in [1.29, 1.82) is 0 Å². The van der Waals surface area contributed by atoms with Crippen LogP contribution in [0.5, 0.6) is 5.75 Å². The molecule has 0 radical (unpaired) electrons. The SMILES string of the molecule is Cc1cc2ncc3cc(-c4ccccc4)c(-c4ccc(CN5CCC(C(=O)Oc6ccc7c(c6)C(=O)OC7C(N)=O)CC5)cc4)nc3n2n1. The number of ether oxygens (including phenoxy) is 2. The molecule has 2 aliphatic rings. The number of pyridine rings is 1. The molecule has 11 nitrogen and oxygen atoms in total. The summed E-state index contributed by atoms with van der Waals surface area (Å²) in [6.07, 6.45) is 2.05. The minimum Gasteiger partial charge on any atom is -0.444 e. The number of carbonyl (C=O) groups excluding carboxylic acids is 3. The average molecular weight is 653 g/mol. The molecular formula is C38H32N6O5. The Hall–Kier alpha value is -5.94. The monoisotopic (exact) mass is 652 g/mol. The highest BCUT2D eigenvalue weighted by molar-refractivity contribution is 6.00. The third kappa shape index (κ3) is 5.78. The molecule has 2 aliphatic heterocycles. The van der Waals surface area contributed by atoms with Crippen molar-refractivity contribution in [3.63, 3.8) is 0 Å². The van der Waals surface area contributed by atoms with E-state index in [0.29, 0.717) is 18.4 Å². The van der Waals surface area contributed by atoms with Crippen LogP contribution in [0.2, 0.25) is 0 Å². The molecule has 0 spiro atoms. The second kappa shape index (κ2) is 12.3. The molecule has 3 aromatic carbocycles. The van der Waals surface area contributed by atoms with Crippen LogP contribution < -0.4 is 10.5 Å². The molecule has 0 aliphatic carbocycles. The summed E-state index contributed by atoms with van der Waals surface area (Å²) < 4.78 is 12.5. The number of fused-ring (bicyclic) bond motifs is 4. The number of nitrogens with zero attached hydrogens (tertiary/aromatic N) is 5. The maximum atomic E-state index is 13.0. The summed E-state index contributed by atoms with van der Waals surface area (Å²) in [6.45, 7) is 4.20. The van der Waals surface area contributed by atoms with Crippen molar-refractivity contribution < 1.29 is 23.9 Å². The van der Waals surface area contributed by atoms with Gasteiger partial charge in [0.1, 0.15) is 5.75 Å². The first-order valence-corrected chi connectivity index (χ1v) is 16.2. The zero-order chi connectivity index (χ0) is 33.6. The van der Waals surface area contributed by atoms with Crippen molar-refractivity contribution >= 4 is 34.5 Å². The topological polar surface area (TPSA) is 142 Å². The third-order valence-electron chi connectivity index (χ3n) is 9.25. The lowest BCUT2D eigenvalue weighted by atomic mass is 9.96. The highest BCUT2D eigenvalue weighted by Gasteiger charge is 2.35. The number of hydrogen-bond acceptors (Lipinski definition) is 9. The molecule has 1 amide bonds. The van der Waals surface area contributed by atoms with Gasteiger partial charge in [-0.25, -0.2) is 14.8 Å².